The predicted molar refractivity (Wildman–Crippen MR) is 82.1 cm³/mol. The van der Waals surface area contributed by atoms with Gasteiger partial charge in [-0.05, 0) is 29.1 Å². The Kier molecular flexibility index (Phi) is 3.43. The zero-order valence-corrected chi connectivity index (χ0v) is 12.8. The van der Waals surface area contributed by atoms with Crippen LogP contribution in [0, 0.1) is 0 Å². The summed E-state index contributed by atoms with van der Waals surface area (Å²) in [7, 11) is 0. The highest BCUT2D eigenvalue weighted by Crippen LogP contribution is 2.22. The molecule has 0 aliphatic carbocycles. The Balaban J connectivity index is 2.05. The first-order valence-corrected chi connectivity index (χ1v) is 7.57. The molecule has 0 amide bonds. The Morgan fingerprint density at radius 3 is 3.00 bits per heavy atom. The van der Waals surface area contributed by atoms with Gasteiger partial charge in [0.1, 0.15) is 4.70 Å². The van der Waals surface area contributed by atoms with E-state index in [-0.39, 0.29) is 5.56 Å². The van der Waals surface area contributed by atoms with E-state index in [9.17, 15) is 4.79 Å². The molecule has 0 atom stereocenters. The fourth-order valence-electron chi connectivity index (χ4n) is 1.83. The molecular formula is C13H8BrClN2OS. The fourth-order valence-corrected chi connectivity index (χ4v) is 3.35. The van der Waals surface area contributed by atoms with Crippen LogP contribution in [0.1, 0.15) is 5.56 Å². The lowest BCUT2D eigenvalue weighted by atomic mass is 10.2. The van der Waals surface area contributed by atoms with Crippen molar-refractivity contribution in [2.75, 3.05) is 0 Å². The van der Waals surface area contributed by atoms with Crippen molar-refractivity contribution in [2.45, 2.75) is 6.54 Å². The highest BCUT2D eigenvalue weighted by atomic mass is 79.9. The molecule has 2 heterocycles. The van der Waals surface area contributed by atoms with E-state index in [1.165, 1.54) is 11.3 Å². The molecule has 6 heteroatoms. The molecule has 3 aromatic rings. The van der Waals surface area contributed by atoms with Crippen molar-refractivity contribution in [3.8, 4) is 0 Å². The molecule has 96 valence electrons. The average molecular weight is 356 g/mol. The minimum Gasteiger partial charge on any atom is -0.293 e. The number of rotatable bonds is 2. The van der Waals surface area contributed by atoms with Crippen LogP contribution in [0.15, 0.2) is 45.2 Å². The van der Waals surface area contributed by atoms with E-state index in [2.05, 4.69) is 20.9 Å². The minimum atomic E-state index is -0.0287. The second-order valence-corrected chi connectivity index (χ2v) is 6.29. The topological polar surface area (TPSA) is 34.9 Å². The van der Waals surface area contributed by atoms with Crippen LogP contribution in [0.3, 0.4) is 0 Å². The molecule has 0 radical (unpaired) electrons. The molecule has 3 nitrogen and oxygen atoms in total. The summed E-state index contributed by atoms with van der Waals surface area (Å²) in [6.07, 6.45) is 1.57. The van der Waals surface area contributed by atoms with E-state index in [0.29, 0.717) is 16.3 Å². The van der Waals surface area contributed by atoms with Crippen LogP contribution in [0.5, 0.6) is 0 Å². The second kappa shape index (κ2) is 5.07. The van der Waals surface area contributed by atoms with Crippen molar-refractivity contribution in [1.29, 1.82) is 0 Å². The number of nitrogens with zero attached hydrogens (tertiary/aromatic N) is 2. The van der Waals surface area contributed by atoms with Crippen molar-refractivity contribution in [1.82, 2.24) is 9.55 Å². The van der Waals surface area contributed by atoms with Gasteiger partial charge in [0.2, 0.25) is 0 Å². The van der Waals surface area contributed by atoms with E-state index < -0.39 is 0 Å². The normalized spacial score (nSPS) is 11.1. The number of halogens is 2. The van der Waals surface area contributed by atoms with Gasteiger partial charge in [-0.1, -0.05) is 33.6 Å². The third kappa shape index (κ3) is 2.45. The van der Waals surface area contributed by atoms with Gasteiger partial charge in [-0.15, -0.1) is 11.3 Å². The van der Waals surface area contributed by atoms with Crippen molar-refractivity contribution in [3.63, 3.8) is 0 Å². The predicted octanol–water partition coefficient (Wildman–Crippen LogP) is 3.92. The summed E-state index contributed by atoms with van der Waals surface area (Å²) in [6, 6.07) is 7.47. The molecule has 0 N–H and O–H groups in total. The molecule has 0 spiro atoms. The Morgan fingerprint density at radius 2 is 2.21 bits per heavy atom. The minimum absolute atomic E-state index is 0.0287. The van der Waals surface area contributed by atoms with Crippen LogP contribution in [0.2, 0.25) is 5.02 Å². The maximum atomic E-state index is 12.3. The first-order valence-electron chi connectivity index (χ1n) is 5.52. The van der Waals surface area contributed by atoms with Crippen molar-refractivity contribution in [3.05, 3.63) is 61.4 Å². The summed E-state index contributed by atoms with van der Waals surface area (Å²) < 4.78 is 3.17. The van der Waals surface area contributed by atoms with Gasteiger partial charge >= 0.3 is 0 Å². The maximum Gasteiger partial charge on any atom is 0.271 e. The number of hydrogen-bond acceptors (Lipinski definition) is 3. The maximum absolute atomic E-state index is 12.3. The molecular weight excluding hydrogens is 348 g/mol. The Morgan fingerprint density at radius 1 is 1.37 bits per heavy atom. The summed E-state index contributed by atoms with van der Waals surface area (Å²) in [6.45, 7) is 0.422. The molecule has 2 aromatic heterocycles. The number of benzene rings is 1. The van der Waals surface area contributed by atoms with E-state index in [4.69, 9.17) is 11.6 Å². The zero-order valence-electron chi connectivity index (χ0n) is 9.64. The van der Waals surface area contributed by atoms with Crippen molar-refractivity contribution in [2.24, 2.45) is 0 Å². The van der Waals surface area contributed by atoms with Gasteiger partial charge in [0.25, 0.3) is 5.56 Å². The zero-order chi connectivity index (χ0) is 13.4. The average Bonchev–Trinajstić information content (AvgIpc) is 2.85. The standard InChI is InChI=1S/C13H8BrClN2OS/c14-9-2-1-8(10(15)5-9)6-17-7-16-11-3-4-19-12(11)13(17)18/h1-5,7H,6H2. The molecule has 0 aliphatic rings. The highest BCUT2D eigenvalue weighted by Gasteiger charge is 2.07. The van der Waals surface area contributed by atoms with Gasteiger partial charge in [0, 0.05) is 9.50 Å². The van der Waals surface area contributed by atoms with Gasteiger partial charge in [0.15, 0.2) is 0 Å². The fraction of sp³-hybridized carbons (Fsp3) is 0.0769. The van der Waals surface area contributed by atoms with Crippen LogP contribution < -0.4 is 5.56 Å². The Labute approximate surface area is 126 Å². The van der Waals surface area contributed by atoms with Gasteiger partial charge in [-0.3, -0.25) is 9.36 Å². The smallest absolute Gasteiger partial charge is 0.271 e. The number of fused-ring (bicyclic) bond motifs is 1. The third-order valence-corrected chi connectivity index (χ3v) is 4.53. The quantitative estimate of drug-likeness (QED) is 0.698. The Bertz CT molecular complexity index is 812. The molecule has 3 rings (SSSR count). The van der Waals surface area contributed by atoms with Crippen LogP contribution in [0.25, 0.3) is 10.2 Å². The molecule has 0 unspecified atom stereocenters. The molecule has 1 aromatic carbocycles. The van der Waals surface area contributed by atoms with Crippen LogP contribution >= 0.6 is 38.9 Å². The van der Waals surface area contributed by atoms with Crippen molar-refractivity contribution < 1.29 is 0 Å². The summed E-state index contributed by atoms with van der Waals surface area (Å²) in [5.41, 5.74) is 1.61. The summed E-state index contributed by atoms with van der Waals surface area (Å²) in [5, 5.41) is 2.50. The van der Waals surface area contributed by atoms with E-state index in [0.717, 1.165) is 15.6 Å². The van der Waals surface area contributed by atoms with E-state index >= 15 is 0 Å². The number of hydrogen-bond donors (Lipinski definition) is 0. The molecule has 0 fully saturated rings. The van der Waals surface area contributed by atoms with E-state index in [1.807, 2.05) is 29.6 Å². The number of aromatic nitrogens is 2. The largest absolute Gasteiger partial charge is 0.293 e. The number of thiophene rings is 1. The SMILES string of the molecule is O=c1c2sccc2ncn1Cc1ccc(Br)cc1Cl. The molecule has 0 aliphatic heterocycles. The second-order valence-electron chi connectivity index (χ2n) is 4.05. The van der Waals surface area contributed by atoms with Gasteiger partial charge in [0.05, 0.1) is 18.4 Å². The van der Waals surface area contributed by atoms with E-state index in [1.54, 1.807) is 10.9 Å². The molecule has 19 heavy (non-hydrogen) atoms. The summed E-state index contributed by atoms with van der Waals surface area (Å²) in [4.78, 5) is 16.5. The lowest BCUT2D eigenvalue weighted by molar-refractivity contribution is 0.750. The first-order chi connectivity index (χ1) is 9.15. The van der Waals surface area contributed by atoms with Gasteiger partial charge in [-0.2, -0.15) is 0 Å². The third-order valence-electron chi connectivity index (χ3n) is 2.79. The molecule has 0 saturated carbocycles. The summed E-state index contributed by atoms with van der Waals surface area (Å²) in [5.74, 6) is 0. The van der Waals surface area contributed by atoms with Crippen LogP contribution in [-0.4, -0.2) is 9.55 Å². The lowest BCUT2D eigenvalue weighted by Crippen LogP contribution is -2.20. The Hall–Kier alpha value is -1.17. The lowest BCUT2D eigenvalue weighted by Gasteiger charge is -2.07. The van der Waals surface area contributed by atoms with Crippen molar-refractivity contribution >= 4 is 49.1 Å². The van der Waals surface area contributed by atoms with Crippen LogP contribution in [-0.2, 0) is 6.54 Å². The van der Waals surface area contributed by atoms with Gasteiger partial charge in [-0.25, -0.2) is 4.98 Å². The molecule has 0 saturated heterocycles. The monoisotopic (exact) mass is 354 g/mol. The van der Waals surface area contributed by atoms with Crippen LogP contribution in [0.4, 0.5) is 0 Å². The summed E-state index contributed by atoms with van der Waals surface area (Å²) >= 11 is 10.9. The first kappa shape index (κ1) is 12.8. The highest BCUT2D eigenvalue weighted by molar-refractivity contribution is 9.10. The molecule has 0 bridgehead atoms. The van der Waals surface area contributed by atoms with Gasteiger partial charge < -0.3 is 0 Å².